The molecule has 7 rings (SSSR count). The van der Waals surface area contributed by atoms with Gasteiger partial charge in [-0.3, -0.25) is 19.5 Å². The molecule has 4 aromatic heterocycles. The number of morpholine rings is 1. The molecule has 1 saturated heterocycles. The Morgan fingerprint density at radius 1 is 0.973 bits per heavy atom. The molecule has 2 aliphatic carbocycles. The van der Waals surface area contributed by atoms with E-state index in [2.05, 4.69) is 70.4 Å². The lowest BCUT2D eigenvalue weighted by atomic mass is 10.0. The molecule has 5 atom stereocenters. The normalized spacial score (nSPS) is 26.6. The number of hydrogen-bond donors (Lipinski definition) is 0. The van der Waals surface area contributed by atoms with E-state index in [1.54, 1.807) is 0 Å². The van der Waals surface area contributed by atoms with E-state index in [0.717, 1.165) is 72.2 Å². The van der Waals surface area contributed by atoms with Crippen LogP contribution in [0.3, 0.4) is 0 Å². The van der Waals surface area contributed by atoms with Crippen molar-refractivity contribution in [2.75, 3.05) is 26.3 Å². The van der Waals surface area contributed by atoms with Gasteiger partial charge in [0.15, 0.2) is 0 Å². The Morgan fingerprint density at radius 3 is 2.51 bits per heavy atom. The summed E-state index contributed by atoms with van der Waals surface area (Å²) in [5.41, 5.74) is 6.70. The molecule has 3 fully saturated rings. The molecule has 7 heteroatoms. The highest BCUT2D eigenvalue weighted by Crippen LogP contribution is 2.64. The zero-order valence-corrected chi connectivity index (χ0v) is 22.0. The Hall–Kier alpha value is -3.03. The Morgan fingerprint density at radius 2 is 1.78 bits per heavy atom. The molecule has 0 radical (unpaired) electrons. The number of hydrogen-bond acceptors (Lipinski definition) is 5. The summed E-state index contributed by atoms with van der Waals surface area (Å²) in [7, 11) is 0. The maximum absolute atomic E-state index is 5.58. The van der Waals surface area contributed by atoms with Gasteiger partial charge in [-0.05, 0) is 75.8 Å². The van der Waals surface area contributed by atoms with Gasteiger partial charge in [0, 0.05) is 60.9 Å². The first-order valence-corrected chi connectivity index (χ1v) is 13.9. The number of ether oxygens (including phenoxy) is 1. The zero-order chi connectivity index (χ0) is 25.1. The topological polar surface area (TPSA) is 61.0 Å². The van der Waals surface area contributed by atoms with Crippen LogP contribution >= 0.6 is 0 Å². The molecule has 0 aromatic carbocycles. The van der Waals surface area contributed by atoms with Crippen molar-refractivity contribution in [2.45, 2.75) is 57.7 Å². The van der Waals surface area contributed by atoms with Crippen molar-refractivity contribution in [1.29, 1.82) is 0 Å². The van der Waals surface area contributed by atoms with E-state index in [1.165, 1.54) is 18.5 Å². The fourth-order valence-corrected chi connectivity index (χ4v) is 6.98. The smallest absolute Gasteiger partial charge is 0.0942 e. The van der Waals surface area contributed by atoms with Crippen molar-refractivity contribution in [3.05, 3.63) is 66.4 Å². The van der Waals surface area contributed by atoms with E-state index >= 15 is 0 Å². The van der Waals surface area contributed by atoms with Gasteiger partial charge in [-0.2, -0.15) is 5.10 Å². The molecule has 0 spiro atoms. The second kappa shape index (κ2) is 9.07. The molecule has 192 valence electrons. The summed E-state index contributed by atoms with van der Waals surface area (Å²) in [5.74, 6) is 2.24. The monoisotopic (exact) mass is 496 g/mol. The number of aromatic nitrogens is 5. The van der Waals surface area contributed by atoms with Gasteiger partial charge in [0.1, 0.15) is 0 Å². The van der Waals surface area contributed by atoms with Crippen LogP contribution in [0.1, 0.15) is 63.0 Å². The third-order valence-corrected chi connectivity index (χ3v) is 8.97. The second-order valence-electron chi connectivity index (χ2n) is 11.4. The quantitative estimate of drug-likeness (QED) is 0.362. The van der Waals surface area contributed by atoms with Crippen LogP contribution < -0.4 is 0 Å². The van der Waals surface area contributed by atoms with Gasteiger partial charge in [-0.15, -0.1) is 0 Å². The summed E-state index contributed by atoms with van der Waals surface area (Å²) in [6.07, 6.45) is 8.60. The lowest BCUT2D eigenvalue weighted by molar-refractivity contribution is 0.0151. The minimum Gasteiger partial charge on any atom is -0.379 e. The average molecular weight is 497 g/mol. The van der Waals surface area contributed by atoms with Crippen molar-refractivity contribution in [3.63, 3.8) is 0 Å². The van der Waals surface area contributed by atoms with Crippen molar-refractivity contribution >= 4 is 11.0 Å². The van der Waals surface area contributed by atoms with Crippen molar-refractivity contribution < 1.29 is 4.74 Å². The molecule has 1 unspecified atom stereocenters. The Bertz CT molecular complexity index is 1390. The summed E-state index contributed by atoms with van der Waals surface area (Å²) in [4.78, 5) is 12.1. The van der Waals surface area contributed by atoms with Crippen LogP contribution in [0, 0.1) is 11.8 Å². The van der Waals surface area contributed by atoms with Gasteiger partial charge in [-0.25, -0.2) is 0 Å². The van der Waals surface area contributed by atoms with Crippen LogP contribution in [0.25, 0.3) is 22.3 Å². The zero-order valence-electron chi connectivity index (χ0n) is 22.0. The van der Waals surface area contributed by atoms with Crippen LogP contribution in [-0.4, -0.2) is 61.6 Å². The lowest BCUT2D eigenvalue weighted by Crippen LogP contribution is -2.43. The van der Waals surface area contributed by atoms with Crippen molar-refractivity contribution in [1.82, 2.24) is 29.2 Å². The number of nitrogens with zero attached hydrogens (tertiary/aromatic N) is 6. The van der Waals surface area contributed by atoms with Crippen LogP contribution in [0.4, 0.5) is 0 Å². The third kappa shape index (κ3) is 3.99. The summed E-state index contributed by atoms with van der Waals surface area (Å²) in [6.45, 7) is 10.7. The largest absolute Gasteiger partial charge is 0.379 e. The minimum absolute atomic E-state index is 0.129. The van der Waals surface area contributed by atoms with Crippen LogP contribution in [0.15, 0.2) is 55.0 Å². The minimum atomic E-state index is 0.129. The first-order chi connectivity index (χ1) is 18.1. The molecule has 1 aliphatic heterocycles. The Balaban J connectivity index is 1.17. The van der Waals surface area contributed by atoms with E-state index in [9.17, 15) is 0 Å². The first-order valence-electron chi connectivity index (χ1n) is 13.9. The molecular weight excluding hydrogens is 460 g/mol. The summed E-state index contributed by atoms with van der Waals surface area (Å²) in [5, 5.41) is 5.13. The average Bonchev–Trinajstić information content (AvgIpc) is 3.36. The predicted molar refractivity (Wildman–Crippen MR) is 145 cm³/mol. The summed E-state index contributed by atoms with van der Waals surface area (Å²) >= 11 is 0. The third-order valence-electron chi connectivity index (χ3n) is 8.97. The van der Waals surface area contributed by atoms with Gasteiger partial charge in [-0.1, -0.05) is 6.07 Å². The number of rotatable bonds is 6. The molecular formula is C30H36N6O. The molecule has 0 amide bonds. The van der Waals surface area contributed by atoms with E-state index in [1.807, 2.05) is 24.5 Å². The molecule has 0 N–H and O–H groups in total. The number of pyridine rings is 2. The maximum atomic E-state index is 5.58. The standard InChI is InChI=1S/C30H36N6O/c1-19(2)36-29(30-23-15-22(16-24(23)30)34-10-12-37-13-11-34)17-27(33-36)21-14-28-26(32-18-21)7-9-35(28)20(3)25-6-4-5-8-31-25/h4-9,14,17-20,22-24,30H,10-13,15-16H2,1-3H3/t20-,22?,23-,24+,30+/m0/s1. The number of fused-ring (bicyclic) bond motifs is 2. The SMILES string of the molecule is CC(C)n1nc(-c2cnc3ccn([C@@H](C)c4ccccn4)c3c2)cc1[C@H]1[C@@H]2CC(N3CCOCC3)C[C@@H]21. The Labute approximate surface area is 218 Å². The van der Waals surface area contributed by atoms with E-state index in [4.69, 9.17) is 14.8 Å². The summed E-state index contributed by atoms with van der Waals surface area (Å²) < 4.78 is 10.1. The molecule has 3 aliphatic rings. The van der Waals surface area contributed by atoms with Gasteiger partial charge in [0.25, 0.3) is 0 Å². The highest BCUT2D eigenvalue weighted by Gasteiger charge is 2.58. The van der Waals surface area contributed by atoms with Gasteiger partial charge < -0.3 is 9.30 Å². The fourth-order valence-electron chi connectivity index (χ4n) is 6.98. The van der Waals surface area contributed by atoms with Crippen molar-refractivity contribution in [3.8, 4) is 11.3 Å². The highest BCUT2D eigenvalue weighted by atomic mass is 16.5. The van der Waals surface area contributed by atoms with Crippen molar-refractivity contribution in [2.24, 2.45) is 11.8 Å². The molecule has 4 aromatic rings. The molecule has 2 saturated carbocycles. The van der Waals surface area contributed by atoms with E-state index < -0.39 is 0 Å². The Kier molecular flexibility index (Phi) is 5.66. The molecule has 37 heavy (non-hydrogen) atoms. The lowest BCUT2D eigenvalue weighted by Gasteiger charge is -2.33. The molecule has 7 nitrogen and oxygen atoms in total. The fraction of sp³-hybridized carbons (Fsp3) is 0.500. The van der Waals surface area contributed by atoms with Crippen LogP contribution in [0.2, 0.25) is 0 Å². The van der Waals surface area contributed by atoms with Gasteiger partial charge in [0.2, 0.25) is 0 Å². The summed E-state index contributed by atoms with van der Waals surface area (Å²) in [6, 6.07) is 14.0. The molecule has 0 bridgehead atoms. The van der Waals surface area contributed by atoms with Gasteiger partial charge >= 0.3 is 0 Å². The van der Waals surface area contributed by atoms with E-state index in [0.29, 0.717) is 12.0 Å². The van der Waals surface area contributed by atoms with E-state index in [-0.39, 0.29) is 6.04 Å². The maximum Gasteiger partial charge on any atom is 0.0942 e. The van der Waals surface area contributed by atoms with Crippen LogP contribution in [0.5, 0.6) is 0 Å². The second-order valence-corrected chi connectivity index (χ2v) is 11.4. The highest BCUT2D eigenvalue weighted by molar-refractivity contribution is 5.81. The van der Waals surface area contributed by atoms with Crippen LogP contribution in [-0.2, 0) is 4.74 Å². The predicted octanol–water partition coefficient (Wildman–Crippen LogP) is 5.31. The van der Waals surface area contributed by atoms with Gasteiger partial charge in [0.05, 0.1) is 41.7 Å². The first kappa shape index (κ1) is 23.1. The molecule has 5 heterocycles.